The molecule has 2 rings (SSSR count). The molecule has 18 heavy (non-hydrogen) atoms. The quantitative estimate of drug-likeness (QED) is 0.714. The number of hydrogen-bond donors (Lipinski definition) is 3. The largest absolute Gasteiger partial charge is 0.373 e. The zero-order chi connectivity index (χ0) is 13.4. The Kier molecular flexibility index (Phi) is 3.05. The fourth-order valence-electron chi connectivity index (χ4n) is 2.08. The highest BCUT2D eigenvalue weighted by Gasteiger charge is 2.38. The Morgan fingerprint density at radius 2 is 2.06 bits per heavy atom. The van der Waals surface area contributed by atoms with Gasteiger partial charge >= 0.3 is 0 Å². The first-order chi connectivity index (χ1) is 8.32. The molecule has 0 radical (unpaired) electrons. The number of rotatable bonds is 3. The van der Waals surface area contributed by atoms with Crippen LogP contribution < -0.4 is 16.4 Å². The molecule has 1 aromatic heterocycles. The Morgan fingerprint density at radius 1 is 1.39 bits per heavy atom. The monoisotopic (exact) mass is 271 g/mol. The first-order valence-electron chi connectivity index (χ1n) is 5.63. The average Bonchev–Trinajstić information content (AvgIpc) is 2.51. The van der Waals surface area contributed by atoms with E-state index < -0.39 is 15.4 Å². The molecule has 100 valence electrons. The van der Waals surface area contributed by atoms with Crippen molar-refractivity contribution < 1.29 is 8.42 Å². The van der Waals surface area contributed by atoms with E-state index in [1.54, 1.807) is 13.1 Å². The second-order valence-corrected chi connectivity index (χ2v) is 6.96. The Bertz CT molecular complexity index is 559. The van der Waals surface area contributed by atoms with Crippen molar-refractivity contribution in [3.63, 3.8) is 0 Å². The predicted molar refractivity (Wildman–Crippen MR) is 71.3 cm³/mol. The number of nitrogen functional groups attached to an aromatic ring is 1. The summed E-state index contributed by atoms with van der Waals surface area (Å²) < 4.78 is 23.0. The molecule has 1 saturated heterocycles. The minimum absolute atomic E-state index is 0.110. The van der Waals surface area contributed by atoms with E-state index in [1.165, 1.54) is 0 Å². The third-order valence-electron chi connectivity index (χ3n) is 2.93. The van der Waals surface area contributed by atoms with E-state index >= 15 is 0 Å². The Hall–Kier alpha value is -1.57. The summed E-state index contributed by atoms with van der Waals surface area (Å²) in [6.45, 7) is 1.87. The Balaban J connectivity index is 2.22. The standard InChI is InChI=1S/C10H17N5O2S/c1-10(3-4-18(16,17)6-10)15-8-5-7(12-2)13-9(11)14-8/h5H,3-4,6H2,1-2H3,(H4,11,12,13,14,15). The lowest BCUT2D eigenvalue weighted by Crippen LogP contribution is -2.36. The summed E-state index contributed by atoms with van der Waals surface area (Å²) in [7, 11) is -1.22. The van der Waals surface area contributed by atoms with Crippen molar-refractivity contribution in [2.75, 3.05) is 34.9 Å². The number of nitrogens with two attached hydrogens (primary N) is 1. The van der Waals surface area contributed by atoms with Gasteiger partial charge in [0, 0.05) is 13.1 Å². The SMILES string of the molecule is CNc1cc(NC2(C)CCS(=O)(=O)C2)nc(N)n1. The maximum atomic E-state index is 11.5. The van der Waals surface area contributed by atoms with E-state index in [9.17, 15) is 8.42 Å². The molecule has 1 aromatic rings. The number of aromatic nitrogens is 2. The average molecular weight is 271 g/mol. The van der Waals surface area contributed by atoms with E-state index in [2.05, 4.69) is 20.6 Å². The van der Waals surface area contributed by atoms with Crippen LogP contribution in [0.15, 0.2) is 6.07 Å². The number of sulfone groups is 1. The number of hydrogen-bond acceptors (Lipinski definition) is 7. The summed E-state index contributed by atoms with van der Waals surface area (Å²) in [5.41, 5.74) is 5.09. The first kappa shape index (κ1) is 12.9. The number of anilines is 3. The Labute approximate surface area is 106 Å². The van der Waals surface area contributed by atoms with Crippen LogP contribution in [0.2, 0.25) is 0 Å². The smallest absolute Gasteiger partial charge is 0.223 e. The molecule has 0 spiro atoms. The van der Waals surface area contributed by atoms with Crippen LogP contribution in [0.25, 0.3) is 0 Å². The second kappa shape index (κ2) is 4.27. The molecule has 1 atom stereocenters. The van der Waals surface area contributed by atoms with Crippen LogP contribution in [0, 0.1) is 0 Å². The molecule has 1 aliphatic rings. The van der Waals surface area contributed by atoms with Gasteiger partial charge in [0.05, 0.1) is 17.0 Å². The number of nitrogens with one attached hydrogen (secondary N) is 2. The molecule has 1 aliphatic heterocycles. The maximum Gasteiger partial charge on any atom is 0.223 e. The van der Waals surface area contributed by atoms with Crippen molar-refractivity contribution in [2.24, 2.45) is 0 Å². The summed E-state index contributed by atoms with van der Waals surface area (Å²) in [6, 6.07) is 1.70. The molecule has 0 aliphatic carbocycles. The molecule has 0 saturated carbocycles. The zero-order valence-corrected chi connectivity index (χ0v) is 11.2. The molecule has 0 bridgehead atoms. The van der Waals surface area contributed by atoms with Crippen molar-refractivity contribution in [1.29, 1.82) is 0 Å². The van der Waals surface area contributed by atoms with Crippen LogP contribution in [0.3, 0.4) is 0 Å². The highest BCUT2D eigenvalue weighted by molar-refractivity contribution is 7.91. The topological polar surface area (TPSA) is 110 Å². The lowest BCUT2D eigenvalue weighted by Gasteiger charge is -2.24. The van der Waals surface area contributed by atoms with Gasteiger partial charge < -0.3 is 16.4 Å². The van der Waals surface area contributed by atoms with Gasteiger partial charge in [-0.3, -0.25) is 0 Å². The minimum Gasteiger partial charge on any atom is -0.373 e. The molecule has 1 fully saturated rings. The van der Waals surface area contributed by atoms with Gasteiger partial charge in [0.1, 0.15) is 11.6 Å². The van der Waals surface area contributed by atoms with Gasteiger partial charge in [-0.25, -0.2) is 8.42 Å². The lowest BCUT2D eigenvalue weighted by molar-refractivity contribution is 0.572. The Morgan fingerprint density at radius 3 is 2.61 bits per heavy atom. The minimum atomic E-state index is -2.95. The van der Waals surface area contributed by atoms with Crippen LogP contribution in [-0.4, -0.2) is 42.5 Å². The molecule has 0 amide bonds. The van der Waals surface area contributed by atoms with Crippen LogP contribution in [0.4, 0.5) is 17.6 Å². The van der Waals surface area contributed by atoms with E-state index in [1.807, 2.05) is 6.92 Å². The van der Waals surface area contributed by atoms with Gasteiger partial charge in [-0.2, -0.15) is 9.97 Å². The molecule has 1 unspecified atom stereocenters. The van der Waals surface area contributed by atoms with Gasteiger partial charge in [0.15, 0.2) is 9.84 Å². The van der Waals surface area contributed by atoms with E-state index in [4.69, 9.17) is 5.73 Å². The third-order valence-corrected chi connectivity index (χ3v) is 4.84. The zero-order valence-electron chi connectivity index (χ0n) is 10.4. The van der Waals surface area contributed by atoms with Gasteiger partial charge in [-0.05, 0) is 13.3 Å². The van der Waals surface area contributed by atoms with Crippen molar-refractivity contribution in [1.82, 2.24) is 9.97 Å². The fraction of sp³-hybridized carbons (Fsp3) is 0.600. The second-order valence-electron chi connectivity index (χ2n) is 4.77. The summed E-state index contributed by atoms with van der Waals surface area (Å²) >= 11 is 0. The van der Waals surface area contributed by atoms with E-state index in [-0.39, 0.29) is 17.5 Å². The molecule has 4 N–H and O–H groups in total. The van der Waals surface area contributed by atoms with Crippen LogP contribution in [-0.2, 0) is 9.84 Å². The number of nitrogens with zero attached hydrogens (tertiary/aromatic N) is 2. The summed E-state index contributed by atoms with van der Waals surface area (Å²) in [4.78, 5) is 8.03. The van der Waals surface area contributed by atoms with E-state index in [0.29, 0.717) is 18.1 Å². The summed E-state index contributed by atoms with van der Waals surface area (Å²) in [5.74, 6) is 1.59. The van der Waals surface area contributed by atoms with Crippen molar-refractivity contribution in [2.45, 2.75) is 18.9 Å². The van der Waals surface area contributed by atoms with Crippen LogP contribution in [0.5, 0.6) is 0 Å². The summed E-state index contributed by atoms with van der Waals surface area (Å²) in [5, 5.41) is 6.01. The van der Waals surface area contributed by atoms with Crippen molar-refractivity contribution in [3.8, 4) is 0 Å². The highest BCUT2D eigenvalue weighted by Crippen LogP contribution is 2.27. The van der Waals surface area contributed by atoms with Crippen LogP contribution >= 0.6 is 0 Å². The van der Waals surface area contributed by atoms with Crippen molar-refractivity contribution in [3.05, 3.63) is 6.07 Å². The van der Waals surface area contributed by atoms with E-state index in [0.717, 1.165) is 0 Å². The lowest BCUT2D eigenvalue weighted by atomic mass is 10.0. The third kappa shape index (κ3) is 2.81. The molecular weight excluding hydrogens is 254 g/mol. The van der Waals surface area contributed by atoms with Gasteiger partial charge in [-0.15, -0.1) is 0 Å². The molecule has 7 nitrogen and oxygen atoms in total. The molecule has 2 heterocycles. The van der Waals surface area contributed by atoms with Crippen molar-refractivity contribution >= 4 is 27.4 Å². The first-order valence-corrected chi connectivity index (χ1v) is 7.45. The normalized spacial score (nSPS) is 25.9. The predicted octanol–water partition coefficient (Wildman–Crippen LogP) is 0.0896. The van der Waals surface area contributed by atoms with Gasteiger partial charge in [0.25, 0.3) is 0 Å². The van der Waals surface area contributed by atoms with Gasteiger partial charge in [0.2, 0.25) is 5.95 Å². The molecular formula is C10H17N5O2S. The molecule has 8 heteroatoms. The highest BCUT2D eigenvalue weighted by atomic mass is 32.2. The van der Waals surface area contributed by atoms with Gasteiger partial charge in [-0.1, -0.05) is 0 Å². The summed E-state index contributed by atoms with van der Waals surface area (Å²) in [6.07, 6.45) is 0.564. The van der Waals surface area contributed by atoms with Crippen LogP contribution in [0.1, 0.15) is 13.3 Å². The molecule has 0 aromatic carbocycles. The maximum absolute atomic E-state index is 11.5. The fourth-order valence-corrected chi connectivity index (χ4v) is 4.17.